The van der Waals surface area contributed by atoms with Crippen LogP contribution in [0.15, 0.2) is 23.0 Å². The predicted molar refractivity (Wildman–Crippen MR) is 112 cm³/mol. The summed E-state index contributed by atoms with van der Waals surface area (Å²) in [6.45, 7) is 0. The first-order valence-electron chi connectivity index (χ1n) is 10.0. The van der Waals surface area contributed by atoms with E-state index in [1.807, 2.05) is 0 Å². The van der Waals surface area contributed by atoms with Gasteiger partial charge in [-0.1, -0.05) is 17.7 Å². The molecule has 1 aliphatic heterocycles. The maximum Gasteiger partial charge on any atom is 0.340 e. The van der Waals surface area contributed by atoms with E-state index in [2.05, 4.69) is 0 Å². The predicted octanol–water partition coefficient (Wildman–Crippen LogP) is 3.09. The minimum absolute atomic E-state index is 0.0204. The standard InChI is InChI=1S/C22H22ClFN2O5/c1-31-21(30)18-12(9-16(27)26-14(18)5-6-15(26)20(28)29)17-11(3-4-13(23)19(17)24)10-22(25)7-2-8-22/h3-4,9,15H,2,5-8,10,25H2,1H3,(H,28,29). The molecule has 0 amide bonds. The molecular weight excluding hydrogens is 427 g/mol. The first kappa shape index (κ1) is 21.5. The SMILES string of the molecule is COC(=O)c1c(-c2c(CC3(N)CCC3)ccc(Cl)c2F)cc(=O)n2c1CCC2C(=O)O. The molecule has 2 aromatic rings. The van der Waals surface area contributed by atoms with Gasteiger partial charge in [0.25, 0.3) is 5.56 Å². The van der Waals surface area contributed by atoms with Gasteiger partial charge in [0.05, 0.1) is 17.7 Å². The second kappa shape index (κ2) is 7.76. The highest BCUT2D eigenvalue weighted by Gasteiger charge is 2.37. The van der Waals surface area contributed by atoms with Gasteiger partial charge in [0.2, 0.25) is 0 Å². The molecule has 0 radical (unpaired) electrons. The maximum absolute atomic E-state index is 15.4. The van der Waals surface area contributed by atoms with Crippen LogP contribution in [-0.2, 0) is 22.4 Å². The van der Waals surface area contributed by atoms with Gasteiger partial charge in [0.1, 0.15) is 11.9 Å². The minimum atomic E-state index is -1.17. The zero-order valence-corrected chi connectivity index (χ0v) is 17.7. The molecule has 0 saturated heterocycles. The Labute approximate surface area is 182 Å². The van der Waals surface area contributed by atoms with Crippen molar-refractivity contribution in [3.05, 3.63) is 56.2 Å². The van der Waals surface area contributed by atoms with Crippen molar-refractivity contribution in [3.63, 3.8) is 0 Å². The number of hydrogen-bond acceptors (Lipinski definition) is 5. The summed E-state index contributed by atoms with van der Waals surface area (Å²) in [5.41, 5.74) is 6.09. The van der Waals surface area contributed by atoms with Crippen LogP contribution in [0.1, 0.15) is 53.3 Å². The van der Waals surface area contributed by atoms with Gasteiger partial charge < -0.3 is 15.6 Å². The molecule has 1 aliphatic carbocycles. The van der Waals surface area contributed by atoms with Crippen molar-refractivity contribution in [2.24, 2.45) is 5.73 Å². The summed E-state index contributed by atoms with van der Waals surface area (Å²) < 4.78 is 21.4. The van der Waals surface area contributed by atoms with Gasteiger partial charge in [-0.25, -0.2) is 14.0 Å². The summed E-state index contributed by atoms with van der Waals surface area (Å²) in [6.07, 6.45) is 3.22. The number of halogens is 2. The number of hydrogen-bond donors (Lipinski definition) is 2. The lowest BCUT2D eigenvalue weighted by molar-refractivity contribution is -0.140. The van der Waals surface area contributed by atoms with E-state index in [0.29, 0.717) is 12.0 Å². The average molecular weight is 449 g/mol. The topological polar surface area (TPSA) is 112 Å². The second-order valence-corrected chi connectivity index (χ2v) is 8.67. The third-order valence-electron chi connectivity index (χ3n) is 6.34. The van der Waals surface area contributed by atoms with Crippen molar-refractivity contribution in [1.82, 2.24) is 4.57 Å². The Morgan fingerprint density at radius 1 is 1.39 bits per heavy atom. The lowest BCUT2D eigenvalue weighted by Gasteiger charge is -2.39. The van der Waals surface area contributed by atoms with E-state index in [9.17, 15) is 19.5 Å². The van der Waals surface area contributed by atoms with E-state index in [1.54, 1.807) is 6.07 Å². The molecule has 4 rings (SSSR count). The Balaban J connectivity index is 2.00. The largest absolute Gasteiger partial charge is 0.480 e. The summed E-state index contributed by atoms with van der Waals surface area (Å²) >= 11 is 6.06. The Kier molecular flexibility index (Phi) is 5.39. The third-order valence-corrected chi connectivity index (χ3v) is 6.63. The Bertz CT molecular complexity index is 1160. The highest BCUT2D eigenvalue weighted by molar-refractivity contribution is 6.31. The highest BCUT2D eigenvalue weighted by atomic mass is 35.5. The second-order valence-electron chi connectivity index (χ2n) is 8.26. The Morgan fingerprint density at radius 3 is 2.68 bits per heavy atom. The number of nitrogens with zero attached hydrogens (tertiary/aromatic N) is 1. The smallest absolute Gasteiger partial charge is 0.340 e. The number of ether oxygens (including phenoxy) is 1. The van der Waals surface area contributed by atoms with Crippen LogP contribution in [-0.4, -0.2) is 34.3 Å². The normalized spacial score (nSPS) is 18.9. The lowest BCUT2D eigenvalue weighted by atomic mass is 9.72. The molecule has 164 valence electrons. The molecule has 2 aliphatic rings. The van der Waals surface area contributed by atoms with Crippen molar-refractivity contribution < 1.29 is 23.8 Å². The minimum Gasteiger partial charge on any atom is -0.480 e. The van der Waals surface area contributed by atoms with Crippen LogP contribution in [0.3, 0.4) is 0 Å². The number of carbonyl (C=O) groups excluding carboxylic acids is 1. The van der Waals surface area contributed by atoms with Crippen LogP contribution in [0.4, 0.5) is 4.39 Å². The van der Waals surface area contributed by atoms with E-state index in [1.165, 1.54) is 13.2 Å². The summed E-state index contributed by atoms with van der Waals surface area (Å²) in [4.78, 5) is 37.3. The molecule has 1 aromatic heterocycles. The fourth-order valence-electron chi connectivity index (χ4n) is 4.64. The molecule has 9 heteroatoms. The van der Waals surface area contributed by atoms with Gasteiger partial charge in [0, 0.05) is 28.4 Å². The van der Waals surface area contributed by atoms with Crippen LogP contribution in [0.5, 0.6) is 0 Å². The molecule has 0 bridgehead atoms. The molecule has 1 atom stereocenters. The summed E-state index contributed by atoms with van der Waals surface area (Å²) in [5.74, 6) is -2.71. The van der Waals surface area contributed by atoms with Crippen molar-refractivity contribution in [2.75, 3.05) is 7.11 Å². The number of nitrogens with two attached hydrogens (primary N) is 1. The van der Waals surface area contributed by atoms with Crippen LogP contribution in [0.25, 0.3) is 11.1 Å². The number of carboxylic acids is 1. The van der Waals surface area contributed by atoms with Gasteiger partial charge >= 0.3 is 11.9 Å². The number of aliphatic carboxylic acids is 1. The number of pyridine rings is 1. The van der Waals surface area contributed by atoms with E-state index in [0.717, 1.165) is 29.9 Å². The quantitative estimate of drug-likeness (QED) is 0.680. The van der Waals surface area contributed by atoms with E-state index in [-0.39, 0.29) is 40.2 Å². The van der Waals surface area contributed by atoms with Crippen LogP contribution in [0.2, 0.25) is 5.02 Å². The molecule has 0 spiro atoms. The van der Waals surface area contributed by atoms with Gasteiger partial charge in [-0.15, -0.1) is 0 Å². The number of carboxylic acid groups (broad SMARTS) is 1. The number of esters is 1. The molecule has 1 saturated carbocycles. The fourth-order valence-corrected chi connectivity index (χ4v) is 4.80. The molecule has 1 aromatic carbocycles. The summed E-state index contributed by atoms with van der Waals surface area (Å²) in [6, 6.07) is 3.08. The molecule has 3 N–H and O–H groups in total. The van der Waals surface area contributed by atoms with E-state index >= 15 is 4.39 Å². The zero-order valence-electron chi connectivity index (χ0n) is 16.9. The Morgan fingerprint density at radius 2 is 2.10 bits per heavy atom. The molecule has 31 heavy (non-hydrogen) atoms. The molecular formula is C22H22ClFN2O5. The van der Waals surface area contributed by atoms with Crippen molar-refractivity contribution in [1.29, 1.82) is 0 Å². The van der Waals surface area contributed by atoms with E-state index < -0.39 is 34.9 Å². The monoisotopic (exact) mass is 448 g/mol. The molecule has 1 unspecified atom stereocenters. The average Bonchev–Trinajstić information content (AvgIpc) is 3.15. The number of methoxy groups -OCH3 is 1. The third kappa shape index (κ3) is 3.53. The van der Waals surface area contributed by atoms with Crippen LogP contribution in [0, 0.1) is 5.82 Å². The zero-order chi connectivity index (χ0) is 22.5. The van der Waals surface area contributed by atoms with Crippen LogP contribution < -0.4 is 11.3 Å². The molecule has 7 nitrogen and oxygen atoms in total. The van der Waals surface area contributed by atoms with Gasteiger partial charge in [-0.2, -0.15) is 0 Å². The number of benzene rings is 1. The van der Waals surface area contributed by atoms with Crippen LogP contribution >= 0.6 is 11.6 Å². The Hall–Kier alpha value is -2.71. The highest BCUT2D eigenvalue weighted by Crippen LogP contribution is 2.40. The van der Waals surface area contributed by atoms with Crippen molar-refractivity contribution in [2.45, 2.75) is 50.1 Å². The fraction of sp³-hybridized carbons (Fsp3) is 0.409. The molecule has 2 heterocycles. The van der Waals surface area contributed by atoms with Crippen molar-refractivity contribution in [3.8, 4) is 11.1 Å². The maximum atomic E-state index is 15.4. The lowest BCUT2D eigenvalue weighted by Crippen LogP contribution is -2.48. The van der Waals surface area contributed by atoms with Gasteiger partial charge in [-0.3, -0.25) is 9.36 Å². The summed E-state index contributed by atoms with van der Waals surface area (Å²) in [5, 5.41) is 9.32. The van der Waals surface area contributed by atoms with Gasteiger partial charge in [0.15, 0.2) is 0 Å². The molecule has 1 fully saturated rings. The number of rotatable bonds is 5. The first-order valence-corrected chi connectivity index (χ1v) is 10.4. The first-order chi connectivity index (χ1) is 14.7. The van der Waals surface area contributed by atoms with Crippen molar-refractivity contribution >= 4 is 23.5 Å². The number of carbonyl (C=O) groups is 2. The van der Waals surface area contributed by atoms with E-state index in [4.69, 9.17) is 22.1 Å². The number of fused-ring (bicyclic) bond motifs is 1. The number of aromatic nitrogens is 1. The summed E-state index contributed by atoms with van der Waals surface area (Å²) in [7, 11) is 1.18. The van der Waals surface area contributed by atoms with Gasteiger partial charge in [-0.05, 0) is 50.2 Å².